The van der Waals surface area contributed by atoms with Crippen LogP contribution in [0.3, 0.4) is 0 Å². The van der Waals surface area contributed by atoms with Crippen molar-refractivity contribution in [1.82, 2.24) is 9.55 Å². The minimum Gasteiger partial charge on any atom is -0.399 e. The second-order valence-corrected chi connectivity index (χ2v) is 5.15. The molecule has 0 bridgehead atoms. The number of nitrogens with zero attached hydrogens (tertiary/aromatic N) is 2. The fourth-order valence-corrected chi connectivity index (χ4v) is 2.64. The van der Waals surface area contributed by atoms with Crippen LogP contribution in [0, 0.1) is 6.92 Å². The van der Waals surface area contributed by atoms with Crippen molar-refractivity contribution < 1.29 is 0 Å². The van der Waals surface area contributed by atoms with Gasteiger partial charge in [-0.2, -0.15) is 0 Å². The van der Waals surface area contributed by atoms with Crippen LogP contribution in [-0.2, 0) is 13.0 Å². The number of benzene rings is 2. The van der Waals surface area contributed by atoms with Crippen molar-refractivity contribution in [1.29, 1.82) is 0 Å². The van der Waals surface area contributed by atoms with E-state index in [9.17, 15) is 0 Å². The van der Waals surface area contributed by atoms with Crippen molar-refractivity contribution in [3.63, 3.8) is 0 Å². The lowest BCUT2D eigenvalue weighted by Gasteiger charge is -2.07. The Hall–Kier alpha value is -2.29. The van der Waals surface area contributed by atoms with Gasteiger partial charge in [-0.3, -0.25) is 0 Å². The largest absolute Gasteiger partial charge is 0.399 e. The summed E-state index contributed by atoms with van der Waals surface area (Å²) in [6.45, 7) is 3.04. The van der Waals surface area contributed by atoms with Gasteiger partial charge in [0, 0.05) is 12.2 Å². The Bertz CT molecular complexity index is 714. The molecule has 0 saturated carbocycles. The van der Waals surface area contributed by atoms with Gasteiger partial charge in [-0.05, 0) is 43.5 Å². The molecule has 0 aliphatic rings. The molecule has 0 radical (unpaired) electrons. The summed E-state index contributed by atoms with van der Waals surface area (Å²) in [5.41, 5.74) is 10.1. The number of rotatable bonds is 4. The second kappa shape index (κ2) is 5.37. The molecule has 1 aromatic heterocycles. The average Bonchev–Trinajstić information content (AvgIpc) is 2.75. The Labute approximate surface area is 119 Å². The number of anilines is 1. The van der Waals surface area contributed by atoms with Gasteiger partial charge < -0.3 is 10.3 Å². The molecule has 102 valence electrons. The molecule has 3 aromatic rings. The van der Waals surface area contributed by atoms with Crippen LogP contribution in [-0.4, -0.2) is 9.55 Å². The first-order valence-electron chi connectivity index (χ1n) is 7.00. The summed E-state index contributed by atoms with van der Waals surface area (Å²) in [6.07, 6.45) is 2.20. The summed E-state index contributed by atoms with van der Waals surface area (Å²) in [6, 6.07) is 16.5. The summed E-state index contributed by atoms with van der Waals surface area (Å²) in [5.74, 6) is 1.05. The third-order valence-electron chi connectivity index (χ3n) is 3.65. The van der Waals surface area contributed by atoms with E-state index < -0.39 is 0 Å². The topological polar surface area (TPSA) is 43.8 Å². The number of imidazole rings is 1. The molecule has 0 amide bonds. The third-order valence-corrected chi connectivity index (χ3v) is 3.65. The van der Waals surface area contributed by atoms with E-state index in [0.29, 0.717) is 0 Å². The number of hydrogen-bond donors (Lipinski definition) is 1. The highest BCUT2D eigenvalue weighted by Gasteiger charge is 2.07. The predicted molar refractivity (Wildman–Crippen MR) is 83.6 cm³/mol. The molecule has 1 heterocycles. The van der Waals surface area contributed by atoms with Crippen LogP contribution < -0.4 is 5.73 Å². The van der Waals surface area contributed by atoms with E-state index in [1.807, 2.05) is 12.1 Å². The van der Waals surface area contributed by atoms with Gasteiger partial charge in [-0.15, -0.1) is 0 Å². The maximum Gasteiger partial charge on any atom is 0.106 e. The van der Waals surface area contributed by atoms with Crippen LogP contribution in [0.2, 0.25) is 0 Å². The lowest BCUT2D eigenvalue weighted by Crippen LogP contribution is -2.02. The van der Waals surface area contributed by atoms with E-state index in [1.165, 1.54) is 11.1 Å². The molecule has 0 saturated heterocycles. The SMILES string of the molecule is Cc1nc2cc(N)ccc2n1CCCc1ccccc1. The molecule has 2 N–H and O–H groups in total. The monoisotopic (exact) mass is 265 g/mol. The van der Waals surface area contributed by atoms with Crippen LogP contribution in [0.5, 0.6) is 0 Å². The average molecular weight is 265 g/mol. The smallest absolute Gasteiger partial charge is 0.106 e. The van der Waals surface area contributed by atoms with Crippen LogP contribution in [0.15, 0.2) is 48.5 Å². The van der Waals surface area contributed by atoms with Gasteiger partial charge in [0.1, 0.15) is 5.82 Å². The van der Waals surface area contributed by atoms with Gasteiger partial charge >= 0.3 is 0 Å². The van der Waals surface area contributed by atoms with Crippen molar-refractivity contribution in [2.45, 2.75) is 26.3 Å². The molecular weight excluding hydrogens is 246 g/mol. The van der Waals surface area contributed by atoms with Crippen molar-refractivity contribution in [3.05, 3.63) is 59.9 Å². The highest BCUT2D eigenvalue weighted by Crippen LogP contribution is 2.19. The molecule has 3 rings (SSSR count). The minimum atomic E-state index is 0.770. The molecule has 0 atom stereocenters. The Kier molecular flexibility index (Phi) is 3.42. The van der Waals surface area contributed by atoms with E-state index >= 15 is 0 Å². The zero-order valence-electron chi connectivity index (χ0n) is 11.7. The Balaban J connectivity index is 1.76. The Morgan fingerprint density at radius 2 is 1.90 bits per heavy atom. The first-order valence-corrected chi connectivity index (χ1v) is 7.00. The molecule has 0 spiro atoms. The zero-order valence-corrected chi connectivity index (χ0v) is 11.7. The summed E-state index contributed by atoms with van der Waals surface area (Å²) < 4.78 is 2.28. The predicted octanol–water partition coefficient (Wildman–Crippen LogP) is 3.56. The maximum absolute atomic E-state index is 5.81. The molecule has 3 heteroatoms. The quantitative estimate of drug-likeness (QED) is 0.733. The molecule has 0 aliphatic carbocycles. The summed E-state index contributed by atoms with van der Waals surface area (Å²) in [5, 5.41) is 0. The molecule has 2 aromatic carbocycles. The fraction of sp³-hybridized carbons (Fsp3) is 0.235. The van der Waals surface area contributed by atoms with Crippen LogP contribution in [0.1, 0.15) is 17.8 Å². The first kappa shape index (κ1) is 12.7. The van der Waals surface area contributed by atoms with Gasteiger partial charge in [0.05, 0.1) is 11.0 Å². The number of nitrogens with two attached hydrogens (primary N) is 1. The van der Waals surface area contributed by atoms with Gasteiger partial charge in [0.2, 0.25) is 0 Å². The van der Waals surface area contributed by atoms with Crippen molar-refractivity contribution in [2.75, 3.05) is 5.73 Å². The molecule has 0 fully saturated rings. The van der Waals surface area contributed by atoms with E-state index in [0.717, 1.165) is 36.4 Å². The van der Waals surface area contributed by atoms with Crippen LogP contribution in [0.25, 0.3) is 11.0 Å². The van der Waals surface area contributed by atoms with E-state index in [4.69, 9.17) is 5.73 Å². The number of aryl methyl sites for hydroxylation is 3. The van der Waals surface area contributed by atoms with E-state index in [-0.39, 0.29) is 0 Å². The summed E-state index contributed by atoms with van der Waals surface area (Å²) >= 11 is 0. The number of aromatic nitrogens is 2. The van der Waals surface area contributed by atoms with E-state index in [1.54, 1.807) is 0 Å². The van der Waals surface area contributed by atoms with E-state index in [2.05, 4.69) is 52.9 Å². The van der Waals surface area contributed by atoms with Crippen LogP contribution >= 0.6 is 0 Å². The summed E-state index contributed by atoms with van der Waals surface area (Å²) in [7, 11) is 0. The standard InChI is InChI=1S/C17H19N3/c1-13-19-16-12-15(18)9-10-17(16)20(13)11-5-8-14-6-3-2-4-7-14/h2-4,6-7,9-10,12H,5,8,11,18H2,1H3. The number of hydrogen-bond acceptors (Lipinski definition) is 2. The highest BCUT2D eigenvalue weighted by molar-refractivity contribution is 5.79. The lowest BCUT2D eigenvalue weighted by atomic mass is 10.1. The zero-order chi connectivity index (χ0) is 13.9. The molecule has 0 aliphatic heterocycles. The molecule has 20 heavy (non-hydrogen) atoms. The Morgan fingerprint density at radius 3 is 2.70 bits per heavy atom. The first-order chi connectivity index (χ1) is 9.74. The minimum absolute atomic E-state index is 0.770. The van der Waals surface area contributed by atoms with Gasteiger partial charge in [-0.25, -0.2) is 4.98 Å². The normalized spacial score (nSPS) is 11.1. The molecule has 3 nitrogen and oxygen atoms in total. The van der Waals surface area contributed by atoms with Gasteiger partial charge in [0.25, 0.3) is 0 Å². The second-order valence-electron chi connectivity index (χ2n) is 5.15. The molecular formula is C17H19N3. The van der Waals surface area contributed by atoms with Crippen molar-refractivity contribution in [3.8, 4) is 0 Å². The van der Waals surface area contributed by atoms with Crippen LogP contribution in [0.4, 0.5) is 5.69 Å². The lowest BCUT2D eigenvalue weighted by molar-refractivity contribution is 0.641. The number of nitrogen functional groups attached to an aromatic ring is 1. The Morgan fingerprint density at radius 1 is 1.10 bits per heavy atom. The van der Waals surface area contributed by atoms with Crippen molar-refractivity contribution >= 4 is 16.7 Å². The van der Waals surface area contributed by atoms with Gasteiger partial charge in [-0.1, -0.05) is 30.3 Å². The molecule has 0 unspecified atom stereocenters. The third kappa shape index (κ3) is 2.52. The highest BCUT2D eigenvalue weighted by atomic mass is 15.1. The number of fused-ring (bicyclic) bond motifs is 1. The van der Waals surface area contributed by atoms with Gasteiger partial charge in [0.15, 0.2) is 0 Å². The fourth-order valence-electron chi connectivity index (χ4n) is 2.64. The maximum atomic E-state index is 5.81. The summed E-state index contributed by atoms with van der Waals surface area (Å²) in [4.78, 5) is 4.58. The van der Waals surface area contributed by atoms with Crippen molar-refractivity contribution in [2.24, 2.45) is 0 Å².